The van der Waals surface area contributed by atoms with E-state index in [9.17, 15) is 0 Å². The van der Waals surface area contributed by atoms with Crippen LogP contribution in [0.2, 0.25) is 0 Å². The molecule has 6 nitrogen and oxygen atoms in total. The van der Waals surface area contributed by atoms with Crippen LogP contribution in [0.25, 0.3) is 0 Å². The summed E-state index contributed by atoms with van der Waals surface area (Å²) in [6.07, 6.45) is 0.594. The average Bonchev–Trinajstić information content (AvgIpc) is 2.43. The van der Waals surface area contributed by atoms with Crippen LogP contribution in [0.1, 0.15) is 27.2 Å². The lowest BCUT2D eigenvalue weighted by Gasteiger charge is -2.24. The first kappa shape index (κ1) is 20.1. The summed E-state index contributed by atoms with van der Waals surface area (Å²) in [6, 6.07) is 0. The van der Waals surface area contributed by atoms with E-state index in [0.29, 0.717) is 33.2 Å². The molecule has 0 aliphatic heterocycles. The molecule has 0 fully saturated rings. The summed E-state index contributed by atoms with van der Waals surface area (Å²) in [5.74, 6) is 0. The lowest BCUT2D eigenvalue weighted by atomic mass is 9.88. The minimum Gasteiger partial charge on any atom is -0.396 e. The van der Waals surface area contributed by atoms with Gasteiger partial charge >= 0.3 is 0 Å². The van der Waals surface area contributed by atoms with Gasteiger partial charge in [-0.1, -0.05) is 6.92 Å². The maximum Gasteiger partial charge on any atom is 0.149 e. The standard InChI is InChI=1S/2C6H14O3/c1-3-7-5-9-6-8-4-2;1-2-6(3-7,4-8)5-9/h3-6H2,1-2H3;7-9H,2-5H2,1H3. The maximum atomic E-state index is 8.66. The van der Waals surface area contributed by atoms with Gasteiger partial charge in [-0.05, 0) is 20.3 Å². The number of rotatable bonds is 10. The van der Waals surface area contributed by atoms with E-state index in [0.717, 1.165) is 0 Å². The molecule has 112 valence electrons. The third kappa shape index (κ3) is 10.9. The lowest BCUT2D eigenvalue weighted by molar-refractivity contribution is -0.126. The van der Waals surface area contributed by atoms with Crippen molar-refractivity contribution in [3.05, 3.63) is 0 Å². The fourth-order valence-corrected chi connectivity index (χ4v) is 0.804. The van der Waals surface area contributed by atoms with Crippen LogP contribution >= 0.6 is 0 Å². The second-order valence-corrected chi connectivity index (χ2v) is 3.75. The lowest BCUT2D eigenvalue weighted by Crippen LogP contribution is -2.32. The smallest absolute Gasteiger partial charge is 0.149 e. The zero-order valence-corrected chi connectivity index (χ0v) is 11.7. The Morgan fingerprint density at radius 1 is 0.722 bits per heavy atom. The van der Waals surface area contributed by atoms with Crippen molar-refractivity contribution in [1.29, 1.82) is 0 Å². The number of aliphatic hydroxyl groups is 3. The normalized spacial score (nSPS) is 11.0. The molecule has 0 atom stereocenters. The Balaban J connectivity index is 0. The van der Waals surface area contributed by atoms with Gasteiger partial charge in [0.1, 0.15) is 13.6 Å². The van der Waals surface area contributed by atoms with Crippen molar-refractivity contribution in [3.63, 3.8) is 0 Å². The van der Waals surface area contributed by atoms with Gasteiger partial charge in [0.25, 0.3) is 0 Å². The number of hydrogen-bond acceptors (Lipinski definition) is 6. The second-order valence-electron chi connectivity index (χ2n) is 3.75. The van der Waals surface area contributed by atoms with Crippen molar-refractivity contribution < 1.29 is 29.5 Å². The molecule has 0 aromatic rings. The highest BCUT2D eigenvalue weighted by atomic mass is 16.7. The molecule has 0 aliphatic carbocycles. The van der Waals surface area contributed by atoms with Crippen LogP contribution in [0.5, 0.6) is 0 Å². The van der Waals surface area contributed by atoms with Crippen molar-refractivity contribution in [2.75, 3.05) is 46.6 Å². The number of ether oxygens (including phenoxy) is 3. The van der Waals surface area contributed by atoms with Crippen molar-refractivity contribution in [3.8, 4) is 0 Å². The summed E-state index contributed by atoms with van der Waals surface area (Å²) in [5.41, 5.74) is -0.667. The molecule has 0 spiro atoms. The highest BCUT2D eigenvalue weighted by Crippen LogP contribution is 2.18. The third-order valence-electron chi connectivity index (χ3n) is 2.50. The van der Waals surface area contributed by atoms with Crippen molar-refractivity contribution in [2.45, 2.75) is 27.2 Å². The van der Waals surface area contributed by atoms with E-state index in [1.807, 2.05) is 20.8 Å². The highest BCUT2D eigenvalue weighted by molar-refractivity contribution is 4.74. The molecule has 0 aromatic heterocycles. The maximum absolute atomic E-state index is 8.66. The SMILES string of the molecule is CCC(CO)(CO)CO.CCOCOCOCC. The molecule has 0 amide bonds. The summed E-state index contributed by atoms with van der Waals surface area (Å²) in [4.78, 5) is 0. The molecule has 0 unspecified atom stereocenters. The Labute approximate surface area is 109 Å². The molecule has 0 radical (unpaired) electrons. The van der Waals surface area contributed by atoms with Gasteiger partial charge in [0.05, 0.1) is 19.8 Å². The van der Waals surface area contributed by atoms with Gasteiger partial charge < -0.3 is 29.5 Å². The fourth-order valence-electron chi connectivity index (χ4n) is 0.804. The molecule has 3 N–H and O–H groups in total. The molecule has 0 bridgehead atoms. The summed E-state index contributed by atoms with van der Waals surface area (Å²) in [7, 11) is 0. The zero-order valence-electron chi connectivity index (χ0n) is 11.7. The monoisotopic (exact) mass is 268 g/mol. The Bertz CT molecular complexity index is 126. The van der Waals surface area contributed by atoms with E-state index < -0.39 is 5.41 Å². The molecule has 0 heterocycles. The topological polar surface area (TPSA) is 88.4 Å². The first-order valence-corrected chi connectivity index (χ1v) is 6.22. The zero-order chi connectivity index (χ0) is 14.3. The number of hydrogen-bond donors (Lipinski definition) is 3. The fraction of sp³-hybridized carbons (Fsp3) is 1.00. The van der Waals surface area contributed by atoms with E-state index >= 15 is 0 Å². The Hall–Kier alpha value is -0.240. The Morgan fingerprint density at radius 2 is 1.11 bits per heavy atom. The van der Waals surface area contributed by atoms with Gasteiger partial charge in [-0.25, -0.2) is 0 Å². The predicted octanol–water partition coefficient (Wildman–Crippen LogP) is 0.351. The van der Waals surface area contributed by atoms with Crippen molar-refractivity contribution in [1.82, 2.24) is 0 Å². The quantitative estimate of drug-likeness (QED) is 0.391. The summed E-state index contributed by atoms with van der Waals surface area (Å²) >= 11 is 0. The molecule has 0 rings (SSSR count). The summed E-state index contributed by atoms with van der Waals surface area (Å²) < 4.78 is 14.6. The second kappa shape index (κ2) is 14.8. The van der Waals surface area contributed by atoms with Crippen LogP contribution in [-0.2, 0) is 14.2 Å². The van der Waals surface area contributed by atoms with Crippen molar-refractivity contribution >= 4 is 0 Å². The predicted molar refractivity (Wildman–Crippen MR) is 68.1 cm³/mol. The van der Waals surface area contributed by atoms with Crippen LogP contribution in [0, 0.1) is 5.41 Å². The number of aliphatic hydroxyl groups excluding tert-OH is 3. The van der Waals surface area contributed by atoms with Gasteiger partial charge in [0.2, 0.25) is 0 Å². The molecule has 6 heteroatoms. The van der Waals surface area contributed by atoms with Crippen molar-refractivity contribution in [2.24, 2.45) is 5.41 Å². The van der Waals surface area contributed by atoms with Crippen LogP contribution in [0.4, 0.5) is 0 Å². The molecule has 18 heavy (non-hydrogen) atoms. The minimum absolute atomic E-state index is 0.156. The third-order valence-corrected chi connectivity index (χ3v) is 2.50. The van der Waals surface area contributed by atoms with E-state index in [1.54, 1.807) is 0 Å². The molecule has 0 saturated carbocycles. The Morgan fingerprint density at radius 3 is 1.28 bits per heavy atom. The highest BCUT2D eigenvalue weighted by Gasteiger charge is 2.24. The van der Waals surface area contributed by atoms with Gasteiger partial charge in [0, 0.05) is 18.6 Å². The largest absolute Gasteiger partial charge is 0.396 e. The molecule has 0 saturated heterocycles. The minimum atomic E-state index is -0.667. The van der Waals surface area contributed by atoms with E-state index in [-0.39, 0.29) is 19.8 Å². The van der Waals surface area contributed by atoms with Gasteiger partial charge in [-0.2, -0.15) is 0 Å². The van der Waals surface area contributed by atoms with Crippen LogP contribution in [-0.4, -0.2) is 61.9 Å². The van der Waals surface area contributed by atoms with Gasteiger partial charge in [-0.15, -0.1) is 0 Å². The van der Waals surface area contributed by atoms with Crippen LogP contribution in [0.3, 0.4) is 0 Å². The first-order chi connectivity index (χ1) is 8.66. The molecular weight excluding hydrogens is 240 g/mol. The first-order valence-electron chi connectivity index (χ1n) is 6.22. The summed E-state index contributed by atoms with van der Waals surface area (Å²) in [6.45, 7) is 7.23. The average molecular weight is 268 g/mol. The molecule has 0 aliphatic rings. The molecular formula is C12H28O6. The van der Waals surface area contributed by atoms with E-state index in [2.05, 4.69) is 0 Å². The molecule has 0 aromatic carbocycles. The van der Waals surface area contributed by atoms with Gasteiger partial charge in [-0.3, -0.25) is 0 Å². The van der Waals surface area contributed by atoms with Crippen LogP contribution < -0.4 is 0 Å². The van der Waals surface area contributed by atoms with Crippen LogP contribution in [0.15, 0.2) is 0 Å². The van der Waals surface area contributed by atoms with Gasteiger partial charge in [0.15, 0.2) is 0 Å². The van der Waals surface area contributed by atoms with E-state index in [4.69, 9.17) is 29.5 Å². The summed E-state index contributed by atoms with van der Waals surface area (Å²) in [5, 5.41) is 26.0. The Kier molecular flexibility index (Phi) is 16.5. The van der Waals surface area contributed by atoms with E-state index in [1.165, 1.54) is 0 Å².